The maximum Gasteiger partial charge on any atom is 0.150 e. The smallest absolute Gasteiger partial charge is 0.150 e. The van der Waals surface area contributed by atoms with Crippen LogP contribution in [0.2, 0.25) is 0 Å². The maximum absolute atomic E-state index is 6.17. The van der Waals surface area contributed by atoms with Crippen molar-refractivity contribution in [2.24, 2.45) is 0 Å². The SMILES string of the molecule is c1cc(CN2CCn3c(nnc3C3CCCN3)C2)cc(OC2CCCC2)c1. The van der Waals surface area contributed by atoms with Crippen molar-refractivity contribution in [3.63, 3.8) is 0 Å². The lowest BCUT2D eigenvalue weighted by molar-refractivity contribution is 0.201. The number of nitrogens with one attached hydrogen (secondary N) is 1. The third-order valence-corrected chi connectivity index (χ3v) is 6.14. The van der Waals surface area contributed by atoms with E-state index in [4.69, 9.17) is 4.74 Å². The molecule has 0 spiro atoms. The van der Waals surface area contributed by atoms with Crippen LogP contribution in [0.4, 0.5) is 0 Å². The van der Waals surface area contributed by atoms with Gasteiger partial charge in [-0.3, -0.25) is 4.90 Å². The van der Waals surface area contributed by atoms with Gasteiger partial charge in [0.2, 0.25) is 0 Å². The highest BCUT2D eigenvalue weighted by molar-refractivity contribution is 5.29. The summed E-state index contributed by atoms with van der Waals surface area (Å²) in [4.78, 5) is 2.46. The molecule has 1 saturated heterocycles. The Balaban J connectivity index is 1.23. The molecule has 0 radical (unpaired) electrons. The standard InChI is InChI=1S/C21H29N5O/c1-2-7-17(6-1)27-18-8-3-5-16(13-18)14-25-11-12-26-20(15-25)23-24-21(26)19-9-4-10-22-19/h3,5,8,13,17,19,22H,1-2,4,6-7,9-12,14-15H2. The van der Waals surface area contributed by atoms with Crippen LogP contribution in [0, 0.1) is 0 Å². The van der Waals surface area contributed by atoms with E-state index in [1.54, 1.807) is 0 Å². The zero-order chi connectivity index (χ0) is 18.1. The molecule has 6 heteroatoms. The number of rotatable bonds is 5. The van der Waals surface area contributed by atoms with Gasteiger partial charge in [0, 0.05) is 19.6 Å². The zero-order valence-corrected chi connectivity index (χ0v) is 15.9. The van der Waals surface area contributed by atoms with Crippen molar-refractivity contribution < 1.29 is 4.74 Å². The van der Waals surface area contributed by atoms with Crippen LogP contribution in [-0.4, -0.2) is 38.9 Å². The largest absolute Gasteiger partial charge is 0.490 e. The van der Waals surface area contributed by atoms with Crippen LogP contribution in [-0.2, 0) is 19.6 Å². The van der Waals surface area contributed by atoms with Gasteiger partial charge < -0.3 is 14.6 Å². The van der Waals surface area contributed by atoms with Gasteiger partial charge in [-0.05, 0) is 62.8 Å². The zero-order valence-electron chi connectivity index (χ0n) is 15.9. The van der Waals surface area contributed by atoms with Gasteiger partial charge in [0.25, 0.3) is 0 Å². The first kappa shape index (κ1) is 17.2. The molecule has 1 aromatic heterocycles. The Hall–Kier alpha value is -1.92. The molecule has 3 aliphatic rings. The normalized spacial score (nSPS) is 23.6. The molecule has 0 amide bonds. The number of hydrogen-bond acceptors (Lipinski definition) is 5. The highest BCUT2D eigenvalue weighted by atomic mass is 16.5. The summed E-state index contributed by atoms with van der Waals surface area (Å²) in [6, 6.07) is 9.02. The molecule has 1 aliphatic carbocycles. The monoisotopic (exact) mass is 367 g/mol. The van der Waals surface area contributed by atoms with Crippen LogP contribution in [0.25, 0.3) is 0 Å². The lowest BCUT2D eigenvalue weighted by atomic mass is 10.1. The summed E-state index contributed by atoms with van der Waals surface area (Å²) < 4.78 is 8.50. The highest BCUT2D eigenvalue weighted by Crippen LogP contribution is 2.27. The van der Waals surface area contributed by atoms with Crippen LogP contribution in [0.15, 0.2) is 24.3 Å². The third kappa shape index (κ3) is 3.73. The Bertz CT molecular complexity index is 777. The van der Waals surface area contributed by atoms with E-state index in [1.807, 2.05) is 0 Å². The minimum atomic E-state index is 0.391. The number of fused-ring (bicyclic) bond motifs is 1. The van der Waals surface area contributed by atoms with Gasteiger partial charge in [0.1, 0.15) is 17.4 Å². The van der Waals surface area contributed by atoms with E-state index in [9.17, 15) is 0 Å². The van der Waals surface area contributed by atoms with Crippen LogP contribution < -0.4 is 10.1 Å². The van der Waals surface area contributed by atoms with E-state index in [2.05, 4.69) is 49.2 Å². The van der Waals surface area contributed by atoms with Gasteiger partial charge in [0.05, 0.1) is 18.7 Å². The highest BCUT2D eigenvalue weighted by Gasteiger charge is 2.27. The van der Waals surface area contributed by atoms with E-state index < -0.39 is 0 Å². The fourth-order valence-corrected chi connectivity index (χ4v) is 4.70. The molecule has 27 heavy (non-hydrogen) atoms. The second kappa shape index (κ2) is 7.60. The summed E-state index contributed by atoms with van der Waals surface area (Å²) in [5, 5.41) is 12.5. The molecular formula is C21H29N5O. The average Bonchev–Trinajstić information content (AvgIpc) is 3.43. The molecule has 1 unspecified atom stereocenters. The molecule has 1 aromatic carbocycles. The molecule has 1 N–H and O–H groups in total. The van der Waals surface area contributed by atoms with E-state index >= 15 is 0 Å². The molecule has 6 nitrogen and oxygen atoms in total. The first-order chi connectivity index (χ1) is 13.3. The predicted molar refractivity (Wildman–Crippen MR) is 103 cm³/mol. The summed E-state index contributed by atoms with van der Waals surface area (Å²) >= 11 is 0. The Kier molecular flexibility index (Phi) is 4.84. The average molecular weight is 367 g/mol. The Morgan fingerprint density at radius 1 is 1.07 bits per heavy atom. The number of nitrogens with zero attached hydrogens (tertiary/aromatic N) is 4. The number of aromatic nitrogens is 3. The van der Waals surface area contributed by atoms with E-state index in [-0.39, 0.29) is 0 Å². The summed E-state index contributed by atoms with van der Waals surface area (Å²) in [6.45, 7) is 4.92. The van der Waals surface area contributed by atoms with Crippen LogP contribution in [0.5, 0.6) is 5.75 Å². The Morgan fingerprint density at radius 2 is 2.00 bits per heavy atom. The Morgan fingerprint density at radius 3 is 2.85 bits per heavy atom. The molecular weight excluding hydrogens is 338 g/mol. The topological polar surface area (TPSA) is 55.2 Å². The van der Waals surface area contributed by atoms with Gasteiger partial charge in [-0.25, -0.2) is 0 Å². The minimum Gasteiger partial charge on any atom is -0.490 e. The number of hydrogen-bond donors (Lipinski definition) is 1. The van der Waals surface area contributed by atoms with Gasteiger partial charge in [-0.1, -0.05) is 12.1 Å². The molecule has 3 heterocycles. The molecule has 2 aliphatic heterocycles. The summed E-state index contributed by atoms with van der Waals surface area (Å²) in [7, 11) is 0. The molecule has 144 valence electrons. The third-order valence-electron chi connectivity index (χ3n) is 6.14. The van der Waals surface area contributed by atoms with Crippen molar-refractivity contribution in [1.29, 1.82) is 0 Å². The van der Waals surface area contributed by atoms with Crippen molar-refractivity contribution >= 4 is 0 Å². The molecule has 5 rings (SSSR count). The van der Waals surface area contributed by atoms with Crippen LogP contribution in [0.1, 0.15) is 61.8 Å². The van der Waals surface area contributed by atoms with E-state index in [1.165, 1.54) is 44.1 Å². The first-order valence-electron chi connectivity index (χ1n) is 10.5. The number of ether oxygens (including phenoxy) is 1. The van der Waals surface area contributed by atoms with Gasteiger partial charge in [-0.2, -0.15) is 0 Å². The fourth-order valence-electron chi connectivity index (χ4n) is 4.70. The first-order valence-corrected chi connectivity index (χ1v) is 10.5. The Labute approximate surface area is 160 Å². The van der Waals surface area contributed by atoms with Gasteiger partial charge >= 0.3 is 0 Å². The maximum atomic E-state index is 6.17. The second-order valence-corrected chi connectivity index (χ2v) is 8.16. The second-order valence-electron chi connectivity index (χ2n) is 8.16. The van der Waals surface area contributed by atoms with Gasteiger partial charge in [-0.15, -0.1) is 10.2 Å². The van der Waals surface area contributed by atoms with Crippen LogP contribution in [0.3, 0.4) is 0 Å². The van der Waals surface area contributed by atoms with Crippen molar-refractivity contribution in [3.8, 4) is 5.75 Å². The van der Waals surface area contributed by atoms with Crippen molar-refractivity contribution in [1.82, 2.24) is 25.0 Å². The van der Waals surface area contributed by atoms with E-state index in [0.717, 1.165) is 50.1 Å². The van der Waals surface area contributed by atoms with Gasteiger partial charge in [0.15, 0.2) is 0 Å². The summed E-state index contributed by atoms with van der Waals surface area (Å²) in [5.41, 5.74) is 1.32. The predicted octanol–water partition coefficient (Wildman–Crippen LogP) is 3.04. The summed E-state index contributed by atoms with van der Waals surface area (Å²) in [5.74, 6) is 3.26. The van der Waals surface area contributed by atoms with Crippen molar-refractivity contribution in [2.75, 3.05) is 13.1 Å². The van der Waals surface area contributed by atoms with Crippen molar-refractivity contribution in [2.45, 2.75) is 70.3 Å². The lowest BCUT2D eigenvalue weighted by Crippen LogP contribution is -2.34. The summed E-state index contributed by atoms with van der Waals surface area (Å²) in [6.07, 6.45) is 7.83. The molecule has 1 atom stereocenters. The van der Waals surface area contributed by atoms with E-state index in [0.29, 0.717) is 12.1 Å². The lowest BCUT2D eigenvalue weighted by Gasteiger charge is -2.28. The minimum absolute atomic E-state index is 0.391. The van der Waals surface area contributed by atoms with Crippen LogP contribution >= 0.6 is 0 Å². The van der Waals surface area contributed by atoms with Crippen molar-refractivity contribution in [3.05, 3.63) is 41.5 Å². The fraction of sp³-hybridized carbons (Fsp3) is 0.619. The molecule has 0 bridgehead atoms. The molecule has 2 aromatic rings. The molecule has 1 saturated carbocycles. The quantitative estimate of drug-likeness (QED) is 0.880. The number of benzene rings is 1. The molecule has 2 fully saturated rings.